The number of rotatable bonds is 3. The van der Waals surface area contributed by atoms with Gasteiger partial charge in [0.15, 0.2) is 0 Å². The first kappa shape index (κ1) is 14.0. The third-order valence-corrected chi connectivity index (χ3v) is 3.24. The lowest BCUT2D eigenvalue weighted by atomic mass is 9.94. The number of halogens is 4. The van der Waals surface area contributed by atoms with Crippen LogP contribution in [-0.2, 0) is 7.05 Å². The minimum Gasteiger partial charge on any atom is -0.320 e. The van der Waals surface area contributed by atoms with Gasteiger partial charge in [0, 0.05) is 11.5 Å². The highest BCUT2D eigenvalue weighted by atomic mass is 79.9. The second-order valence-electron chi connectivity index (χ2n) is 4.23. The molecule has 1 aromatic carbocycles. The molecule has 1 aromatic heterocycles. The quantitative estimate of drug-likeness (QED) is 0.858. The molecule has 0 fully saturated rings. The predicted octanol–water partition coefficient (Wildman–Crippen LogP) is 3.66. The zero-order valence-corrected chi connectivity index (χ0v) is 11.6. The number of aryl methyl sites for hydroxylation is 1. The zero-order chi connectivity index (χ0) is 14.0. The molecule has 19 heavy (non-hydrogen) atoms. The summed E-state index contributed by atoms with van der Waals surface area (Å²) >= 11 is 3.27. The molecule has 7 heteroatoms. The molecule has 0 aliphatic carbocycles. The summed E-state index contributed by atoms with van der Waals surface area (Å²) in [4.78, 5) is 0. The fourth-order valence-electron chi connectivity index (χ4n) is 1.92. The Bertz CT molecular complexity index is 565. The van der Waals surface area contributed by atoms with Gasteiger partial charge in [0.25, 0.3) is 0 Å². The van der Waals surface area contributed by atoms with Crippen LogP contribution in [0.1, 0.15) is 23.7 Å². The van der Waals surface area contributed by atoms with Crippen LogP contribution in [0.4, 0.5) is 13.2 Å². The van der Waals surface area contributed by atoms with Gasteiger partial charge in [0.2, 0.25) is 0 Å². The highest BCUT2D eigenvalue weighted by molar-refractivity contribution is 9.10. The van der Waals surface area contributed by atoms with E-state index in [2.05, 4.69) is 26.1 Å². The van der Waals surface area contributed by atoms with E-state index in [1.807, 2.05) is 0 Å². The second-order valence-corrected chi connectivity index (χ2v) is 5.14. The van der Waals surface area contributed by atoms with Gasteiger partial charge in [-0.3, -0.25) is 0 Å². The summed E-state index contributed by atoms with van der Waals surface area (Å²) in [5, 5.41) is 7.46. The van der Waals surface area contributed by atoms with Crippen molar-refractivity contribution in [2.75, 3.05) is 0 Å². The van der Waals surface area contributed by atoms with Crippen LogP contribution in [0.5, 0.6) is 0 Å². The highest BCUT2D eigenvalue weighted by Crippen LogP contribution is 2.35. The van der Waals surface area contributed by atoms with E-state index in [9.17, 15) is 13.2 Å². The van der Waals surface area contributed by atoms with Crippen LogP contribution in [0.3, 0.4) is 0 Å². The van der Waals surface area contributed by atoms with E-state index in [-0.39, 0.29) is 0 Å². The van der Waals surface area contributed by atoms with E-state index in [1.165, 1.54) is 10.9 Å². The summed E-state index contributed by atoms with van der Waals surface area (Å²) in [6.45, 7) is 0. The Hall–Kier alpha value is -1.37. The van der Waals surface area contributed by atoms with Crippen molar-refractivity contribution in [3.8, 4) is 0 Å². The van der Waals surface area contributed by atoms with Crippen molar-refractivity contribution in [2.24, 2.45) is 7.05 Å². The molecule has 0 radical (unpaired) electrons. The number of hydrogen-bond acceptors (Lipinski definition) is 2. The fourth-order valence-corrected chi connectivity index (χ4v) is 2.34. The largest absolute Gasteiger partial charge is 0.390 e. The Labute approximate surface area is 116 Å². The smallest absolute Gasteiger partial charge is 0.320 e. The Morgan fingerprint density at radius 2 is 2.11 bits per heavy atom. The number of alkyl halides is 3. The van der Waals surface area contributed by atoms with Crippen LogP contribution >= 0.6 is 15.9 Å². The minimum absolute atomic E-state index is 0.301. The van der Waals surface area contributed by atoms with E-state index >= 15 is 0 Å². The van der Waals surface area contributed by atoms with Gasteiger partial charge in [-0.2, -0.15) is 13.2 Å². The van der Waals surface area contributed by atoms with Gasteiger partial charge in [-0.25, -0.2) is 0 Å². The van der Waals surface area contributed by atoms with Crippen LogP contribution in [0.25, 0.3) is 0 Å². The van der Waals surface area contributed by atoms with E-state index in [4.69, 9.17) is 0 Å². The number of nitrogens with zero attached hydrogens (tertiary/aromatic N) is 3. The van der Waals surface area contributed by atoms with Gasteiger partial charge in [-0.05, 0) is 17.7 Å². The van der Waals surface area contributed by atoms with E-state index < -0.39 is 18.5 Å². The maximum absolute atomic E-state index is 12.7. The molecule has 0 aliphatic heterocycles. The van der Waals surface area contributed by atoms with E-state index in [1.54, 1.807) is 31.3 Å². The maximum atomic E-state index is 12.7. The summed E-state index contributed by atoms with van der Waals surface area (Å²) in [6.07, 6.45) is -3.83. The molecule has 0 spiro atoms. The Morgan fingerprint density at radius 3 is 2.63 bits per heavy atom. The molecule has 0 saturated carbocycles. The van der Waals surface area contributed by atoms with Crippen LogP contribution in [-0.4, -0.2) is 20.9 Å². The topological polar surface area (TPSA) is 30.7 Å². The summed E-state index contributed by atoms with van der Waals surface area (Å²) in [5.41, 5.74) is 0.558. The van der Waals surface area contributed by atoms with Crippen LogP contribution in [0.15, 0.2) is 35.1 Å². The molecule has 0 bridgehead atoms. The monoisotopic (exact) mass is 333 g/mol. The van der Waals surface area contributed by atoms with Crippen LogP contribution in [0, 0.1) is 0 Å². The van der Waals surface area contributed by atoms with Crippen molar-refractivity contribution >= 4 is 15.9 Å². The molecule has 1 unspecified atom stereocenters. The molecular weight excluding hydrogens is 323 g/mol. The summed E-state index contributed by atoms with van der Waals surface area (Å²) in [6, 6.07) is 6.81. The molecule has 3 nitrogen and oxygen atoms in total. The normalized spacial score (nSPS) is 13.5. The lowest BCUT2D eigenvalue weighted by Gasteiger charge is -2.18. The van der Waals surface area contributed by atoms with Gasteiger partial charge in [0.05, 0.1) is 12.3 Å². The first-order chi connectivity index (χ1) is 8.87. The average molecular weight is 334 g/mol. The minimum atomic E-state index is -4.26. The highest BCUT2D eigenvalue weighted by Gasteiger charge is 2.35. The van der Waals surface area contributed by atoms with Gasteiger partial charge in [-0.1, -0.05) is 28.1 Å². The lowest BCUT2D eigenvalue weighted by Crippen LogP contribution is -2.17. The lowest BCUT2D eigenvalue weighted by molar-refractivity contribution is -0.137. The van der Waals surface area contributed by atoms with Crippen molar-refractivity contribution in [1.82, 2.24) is 14.8 Å². The van der Waals surface area contributed by atoms with Crippen molar-refractivity contribution in [3.63, 3.8) is 0 Å². The SMILES string of the molecule is Cn1cnnc1C(CC(F)(F)F)c1cccc(Br)c1. The molecule has 0 aliphatic rings. The Kier molecular flexibility index (Phi) is 3.93. The first-order valence-electron chi connectivity index (χ1n) is 5.53. The van der Waals surface area contributed by atoms with Crippen molar-refractivity contribution in [3.05, 3.63) is 46.5 Å². The summed E-state index contributed by atoms with van der Waals surface area (Å²) in [7, 11) is 1.64. The Balaban J connectivity index is 2.43. The van der Waals surface area contributed by atoms with Gasteiger partial charge in [-0.15, -0.1) is 10.2 Å². The predicted molar refractivity (Wildman–Crippen MR) is 67.7 cm³/mol. The zero-order valence-electron chi connectivity index (χ0n) is 10.0. The first-order valence-corrected chi connectivity index (χ1v) is 6.32. The molecule has 2 aromatic rings. The van der Waals surface area contributed by atoms with E-state index in [0.717, 1.165) is 4.47 Å². The number of aromatic nitrogens is 3. The van der Waals surface area contributed by atoms with Crippen molar-refractivity contribution in [2.45, 2.75) is 18.5 Å². The number of hydrogen-bond donors (Lipinski definition) is 0. The van der Waals surface area contributed by atoms with Gasteiger partial charge < -0.3 is 4.57 Å². The van der Waals surface area contributed by atoms with Crippen LogP contribution in [0.2, 0.25) is 0 Å². The van der Waals surface area contributed by atoms with Crippen LogP contribution < -0.4 is 0 Å². The molecule has 0 amide bonds. The standard InChI is InChI=1S/C12H11BrF3N3/c1-19-7-17-18-11(19)10(6-12(14,15)16)8-3-2-4-9(13)5-8/h2-5,7,10H,6H2,1H3. The van der Waals surface area contributed by atoms with Gasteiger partial charge in [0.1, 0.15) is 12.2 Å². The fraction of sp³-hybridized carbons (Fsp3) is 0.333. The third-order valence-electron chi connectivity index (χ3n) is 2.74. The maximum Gasteiger partial charge on any atom is 0.390 e. The molecule has 0 N–H and O–H groups in total. The molecule has 1 heterocycles. The van der Waals surface area contributed by atoms with Gasteiger partial charge >= 0.3 is 6.18 Å². The van der Waals surface area contributed by atoms with Crippen molar-refractivity contribution < 1.29 is 13.2 Å². The Morgan fingerprint density at radius 1 is 1.37 bits per heavy atom. The molecule has 0 saturated heterocycles. The molecule has 2 rings (SSSR count). The van der Waals surface area contributed by atoms with Crippen molar-refractivity contribution in [1.29, 1.82) is 0 Å². The summed E-state index contributed by atoms with van der Waals surface area (Å²) < 4.78 is 40.5. The van der Waals surface area contributed by atoms with E-state index in [0.29, 0.717) is 11.4 Å². The molecule has 1 atom stereocenters. The number of benzene rings is 1. The third kappa shape index (κ3) is 3.56. The molecule has 102 valence electrons. The average Bonchev–Trinajstić information content (AvgIpc) is 2.71. The second kappa shape index (κ2) is 5.32. The summed E-state index contributed by atoms with van der Waals surface area (Å²) in [5.74, 6) is -0.555. The molecular formula is C12H11BrF3N3.